The van der Waals surface area contributed by atoms with Gasteiger partial charge in [0.2, 0.25) is 0 Å². The van der Waals surface area contributed by atoms with E-state index in [1.165, 1.54) is 0 Å². The van der Waals surface area contributed by atoms with Gasteiger partial charge in [-0.05, 0) is 17.7 Å². The molecule has 0 amide bonds. The number of β-amino-alcohol motifs (C(OH)–C–C–N with tert-alkyl or cyclic N) is 1. The van der Waals surface area contributed by atoms with Crippen LogP contribution in [0.5, 0.6) is 5.75 Å². The first-order chi connectivity index (χ1) is 6.70. The number of halogens is 1. The van der Waals surface area contributed by atoms with Crippen LogP contribution in [-0.4, -0.2) is 24.9 Å². The van der Waals surface area contributed by atoms with Crippen LogP contribution in [0.2, 0.25) is 5.02 Å². The molecule has 0 radical (unpaired) electrons. The van der Waals surface area contributed by atoms with Gasteiger partial charge in [0.1, 0.15) is 5.75 Å². The molecular formula is C10H12ClNO2. The highest BCUT2D eigenvalue weighted by atomic mass is 35.5. The van der Waals surface area contributed by atoms with Gasteiger partial charge in [0.05, 0.1) is 18.2 Å². The maximum atomic E-state index is 9.45. The molecule has 2 N–H and O–H groups in total. The van der Waals surface area contributed by atoms with Crippen molar-refractivity contribution in [3.05, 3.63) is 22.7 Å². The van der Waals surface area contributed by atoms with Crippen molar-refractivity contribution in [1.29, 1.82) is 0 Å². The Balaban J connectivity index is 2.41. The standard InChI is InChI=1S/C10H12ClNO2/c1-14-10-3-6-2-7(13)5-12-9(6)4-8(10)11/h3-4,7,12-13H,2,5H2,1H3. The van der Waals surface area contributed by atoms with Crippen LogP contribution in [-0.2, 0) is 6.42 Å². The Bertz CT molecular complexity index is 354. The average molecular weight is 214 g/mol. The van der Waals surface area contributed by atoms with E-state index in [1.807, 2.05) is 12.1 Å². The van der Waals surface area contributed by atoms with Crippen molar-refractivity contribution in [2.45, 2.75) is 12.5 Å². The molecule has 1 heterocycles. The zero-order valence-corrected chi connectivity index (χ0v) is 8.64. The van der Waals surface area contributed by atoms with Gasteiger partial charge in [-0.2, -0.15) is 0 Å². The van der Waals surface area contributed by atoms with Crippen molar-refractivity contribution in [2.24, 2.45) is 0 Å². The third-order valence-corrected chi connectivity index (χ3v) is 2.66. The highest BCUT2D eigenvalue weighted by Crippen LogP contribution is 2.33. The van der Waals surface area contributed by atoms with Crippen molar-refractivity contribution in [2.75, 3.05) is 19.0 Å². The van der Waals surface area contributed by atoms with E-state index in [2.05, 4.69) is 5.32 Å². The van der Waals surface area contributed by atoms with Crippen molar-refractivity contribution in [1.82, 2.24) is 0 Å². The number of methoxy groups -OCH3 is 1. The number of hydrogen-bond acceptors (Lipinski definition) is 3. The van der Waals surface area contributed by atoms with Crippen LogP contribution in [0.15, 0.2) is 12.1 Å². The Labute approximate surface area is 87.6 Å². The molecule has 0 fully saturated rings. The second-order valence-corrected chi connectivity index (χ2v) is 3.79. The molecule has 0 spiro atoms. The van der Waals surface area contributed by atoms with Crippen LogP contribution in [0.4, 0.5) is 5.69 Å². The Morgan fingerprint density at radius 3 is 3.07 bits per heavy atom. The summed E-state index contributed by atoms with van der Waals surface area (Å²) >= 11 is 5.97. The van der Waals surface area contributed by atoms with E-state index < -0.39 is 0 Å². The molecule has 14 heavy (non-hydrogen) atoms. The van der Waals surface area contributed by atoms with Crippen LogP contribution >= 0.6 is 11.6 Å². The summed E-state index contributed by atoms with van der Waals surface area (Å²) in [6.45, 7) is 0.579. The minimum atomic E-state index is -0.326. The molecule has 1 atom stereocenters. The molecule has 0 bridgehead atoms. The molecule has 1 aliphatic rings. The first kappa shape index (κ1) is 9.62. The fourth-order valence-corrected chi connectivity index (χ4v) is 1.88. The average Bonchev–Trinajstić information content (AvgIpc) is 2.17. The lowest BCUT2D eigenvalue weighted by Gasteiger charge is -2.23. The molecule has 0 aliphatic carbocycles. The quantitative estimate of drug-likeness (QED) is 0.746. The predicted octanol–water partition coefficient (Wildman–Crippen LogP) is 1.68. The predicted molar refractivity (Wildman–Crippen MR) is 56.2 cm³/mol. The number of benzene rings is 1. The number of aliphatic hydroxyl groups excluding tert-OH is 1. The lowest BCUT2D eigenvalue weighted by atomic mass is 10.0. The van der Waals surface area contributed by atoms with E-state index in [-0.39, 0.29) is 6.10 Å². The smallest absolute Gasteiger partial charge is 0.137 e. The fourth-order valence-electron chi connectivity index (χ4n) is 1.64. The maximum Gasteiger partial charge on any atom is 0.137 e. The minimum absolute atomic E-state index is 0.326. The SMILES string of the molecule is COc1cc2c(cc1Cl)NCC(O)C2. The number of aliphatic hydroxyl groups is 1. The third kappa shape index (κ3) is 1.65. The van der Waals surface area contributed by atoms with Crippen LogP contribution in [0.3, 0.4) is 0 Å². The van der Waals surface area contributed by atoms with Crippen LogP contribution in [0, 0.1) is 0 Å². The summed E-state index contributed by atoms with van der Waals surface area (Å²) in [5, 5.41) is 13.2. The highest BCUT2D eigenvalue weighted by Gasteiger charge is 2.17. The summed E-state index contributed by atoms with van der Waals surface area (Å²) in [7, 11) is 1.58. The highest BCUT2D eigenvalue weighted by molar-refractivity contribution is 6.32. The van der Waals surface area contributed by atoms with E-state index in [0.29, 0.717) is 23.7 Å². The van der Waals surface area contributed by atoms with Crippen molar-refractivity contribution in [3.8, 4) is 5.75 Å². The van der Waals surface area contributed by atoms with Gasteiger partial charge in [0.15, 0.2) is 0 Å². The lowest BCUT2D eigenvalue weighted by Crippen LogP contribution is -2.27. The van der Waals surface area contributed by atoms with Gasteiger partial charge in [-0.1, -0.05) is 11.6 Å². The maximum absolute atomic E-state index is 9.45. The van der Waals surface area contributed by atoms with Gasteiger partial charge < -0.3 is 15.2 Å². The molecule has 2 rings (SSSR count). The molecule has 0 saturated heterocycles. The number of nitrogens with one attached hydrogen (secondary N) is 1. The minimum Gasteiger partial charge on any atom is -0.495 e. The Morgan fingerprint density at radius 2 is 2.36 bits per heavy atom. The molecular weight excluding hydrogens is 202 g/mol. The number of rotatable bonds is 1. The summed E-state index contributed by atoms with van der Waals surface area (Å²) in [5.41, 5.74) is 2.03. The molecule has 3 nitrogen and oxygen atoms in total. The van der Waals surface area contributed by atoms with E-state index >= 15 is 0 Å². The van der Waals surface area contributed by atoms with Gasteiger partial charge in [-0.3, -0.25) is 0 Å². The molecule has 1 aliphatic heterocycles. The topological polar surface area (TPSA) is 41.5 Å². The van der Waals surface area contributed by atoms with Gasteiger partial charge >= 0.3 is 0 Å². The van der Waals surface area contributed by atoms with Crippen LogP contribution in [0.1, 0.15) is 5.56 Å². The summed E-state index contributed by atoms with van der Waals surface area (Å²) < 4.78 is 5.10. The van der Waals surface area contributed by atoms with E-state index in [4.69, 9.17) is 16.3 Å². The molecule has 1 unspecified atom stereocenters. The van der Waals surface area contributed by atoms with Gasteiger partial charge in [-0.15, -0.1) is 0 Å². The van der Waals surface area contributed by atoms with Crippen molar-refractivity contribution >= 4 is 17.3 Å². The molecule has 0 saturated carbocycles. The first-order valence-electron chi connectivity index (χ1n) is 4.49. The fraction of sp³-hybridized carbons (Fsp3) is 0.400. The van der Waals surface area contributed by atoms with Crippen molar-refractivity contribution in [3.63, 3.8) is 0 Å². The second kappa shape index (κ2) is 3.67. The summed E-state index contributed by atoms with van der Waals surface area (Å²) in [4.78, 5) is 0. The van der Waals surface area contributed by atoms with Crippen LogP contribution < -0.4 is 10.1 Å². The first-order valence-corrected chi connectivity index (χ1v) is 4.87. The monoisotopic (exact) mass is 213 g/mol. The Morgan fingerprint density at radius 1 is 1.57 bits per heavy atom. The lowest BCUT2D eigenvalue weighted by molar-refractivity contribution is 0.184. The zero-order valence-electron chi connectivity index (χ0n) is 7.88. The van der Waals surface area contributed by atoms with E-state index in [0.717, 1.165) is 11.3 Å². The number of hydrogen-bond donors (Lipinski definition) is 2. The normalized spacial score (nSPS) is 19.8. The summed E-state index contributed by atoms with van der Waals surface area (Å²) in [6.07, 6.45) is 0.323. The largest absolute Gasteiger partial charge is 0.495 e. The number of anilines is 1. The molecule has 0 aromatic heterocycles. The number of fused-ring (bicyclic) bond motifs is 1. The molecule has 76 valence electrons. The second-order valence-electron chi connectivity index (χ2n) is 3.38. The van der Waals surface area contributed by atoms with Gasteiger partial charge in [0.25, 0.3) is 0 Å². The molecule has 1 aromatic carbocycles. The molecule has 1 aromatic rings. The third-order valence-electron chi connectivity index (χ3n) is 2.36. The van der Waals surface area contributed by atoms with Gasteiger partial charge in [0, 0.05) is 18.7 Å². The van der Waals surface area contributed by atoms with Gasteiger partial charge in [-0.25, -0.2) is 0 Å². The Kier molecular flexibility index (Phi) is 2.52. The van der Waals surface area contributed by atoms with Crippen LogP contribution in [0.25, 0.3) is 0 Å². The Hall–Kier alpha value is -0.930. The molecule has 4 heteroatoms. The summed E-state index contributed by atoms with van der Waals surface area (Å²) in [6, 6.07) is 3.70. The number of ether oxygens (including phenoxy) is 1. The zero-order chi connectivity index (χ0) is 10.1. The van der Waals surface area contributed by atoms with E-state index in [1.54, 1.807) is 7.11 Å². The summed E-state index contributed by atoms with van der Waals surface area (Å²) in [5.74, 6) is 0.654. The van der Waals surface area contributed by atoms with E-state index in [9.17, 15) is 5.11 Å². The van der Waals surface area contributed by atoms with Crippen molar-refractivity contribution < 1.29 is 9.84 Å².